The fraction of sp³-hybridized carbons (Fsp3) is 0.387. The second kappa shape index (κ2) is 11.6. The molecule has 6 rings (SSSR count). The first-order chi connectivity index (χ1) is 19.1. The van der Waals surface area contributed by atoms with Crippen molar-refractivity contribution in [2.45, 2.75) is 44.8 Å². The van der Waals surface area contributed by atoms with Gasteiger partial charge in [0, 0.05) is 47.6 Å². The van der Waals surface area contributed by atoms with Crippen molar-refractivity contribution < 1.29 is 4.79 Å². The number of imidazole rings is 1. The molecule has 0 unspecified atom stereocenters. The summed E-state index contributed by atoms with van der Waals surface area (Å²) in [4.78, 5) is 35.8. The normalized spacial score (nSPS) is 17.6. The molecular formula is C31H34IN5O2. The zero-order valence-corrected chi connectivity index (χ0v) is 24.2. The van der Waals surface area contributed by atoms with Gasteiger partial charge in [0.1, 0.15) is 0 Å². The Morgan fingerprint density at radius 3 is 2.21 bits per heavy atom. The van der Waals surface area contributed by atoms with Crippen LogP contribution in [0.1, 0.15) is 42.9 Å². The van der Waals surface area contributed by atoms with Crippen LogP contribution in [0.5, 0.6) is 0 Å². The van der Waals surface area contributed by atoms with E-state index in [-0.39, 0.29) is 17.6 Å². The summed E-state index contributed by atoms with van der Waals surface area (Å²) >= 11 is 2.34. The fourth-order valence-corrected chi connectivity index (χ4v) is 6.78. The highest BCUT2D eigenvalue weighted by atomic mass is 127. The molecule has 8 heteroatoms. The molecule has 202 valence electrons. The molecule has 0 spiro atoms. The number of para-hydroxylation sites is 2. The van der Waals surface area contributed by atoms with Gasteiger partial charge < -0.3 is 4.90 Å². The Morgan fingerprint density at radius 1 is 0.821 bits per heavy atom. The number of hydrogen-bond acceptors (Lipinski definition) is 4. The molecule has 0 aliphatic carbocycles. The minimum Gasteiger partial charge on any atom is -0.342 e. The Bertz CT molecular complexity index is 1500. The highest BCUT2D eigenvalue weighted by Crippen LogP contribution is 2.29. The Kier molecular flexibility index (Phi) is 7.83. The van der Waals surface area contributed by atoms with Gasteiger partial charge in [-0.15, -0.1) is 0 Å². The van der Waals surface area contributed by atoms with E-state index >= 15 is 0 Å². The summed E-state index contributed by atoms with van der Waals surface area (Å²) in [5.74, 6) is 0.402. The Morgan fingerprint density at radius 2 is 1.49 bits per heavy atom. The Hall–Kier alpha value is -2.98. The third-order valence-corrected chi connectivity index (χ3v) is 9.44. The summed E-state index contributed by atoms with van der Waals surface area (Å²) in [5.41, 5.74) is 4.42. The van der Waals surface area contributed by atoms with Crippen LogP contribution in [0.4, 0.5) is 0 Å². The fourth-order valence-electron chi connectivity index (χ4n) is 6.22. The van der Waals surface area contributed by atoms with Gasteiger partial charge in [-0.25, -0.2) is 4.79 Å². The summed E-state index contributed by atoms with van der Waals surface area (Å²) in [6.45, 7) is 4.80. The lowest BCUT2D eigenvalue weighted by Crippen LogP contribution is -2.46. The van der Waals surface area contributed by atoms with Crippen molar-refractivity contribution >= 4 is 39.5 Å². The van der Waals surface area contributed by atoms with Crippen LogP contribution in [0, 0.1) is 9.49 Å². The largest absolute Gasteiger partial charge is 0.342 e. The molecule has 2 aromatic carbocycles. The monoisotopic (exact) mass is 635 g/mol. The highest BCUT2D eigenvalue weighted by molar-refractivity contribution is 14.1. The number of rotatable bonds is 6. The van der Waals surface area contributed by atoms with Crippen LogP contribution < -0.4 is 5.69 Å². The average Bonchev–Trinajstić information content (AvgIpc) is 3.25. The maximum Gasteiger partial charge on any atom is 0.329 e. The van der Waals surface area contributed by atoms with Crippen molar-refractivity contribution in [1.29, 1.82) is 0 Å². The number of halogens is 1. The number of likely N-dealkylation sites (tertiary alicyclic amines) is 2. The zero-order valence-electron chi connectivity index (χ0n) is 22.1. The predicted octanol–water partition coefficient (Wildman–Crippen LogP) is 4.93. The van der Waals surface area contributed by atoms with Gasteiger partial charge in [-0.2, -0.15) is 0 Å². The Balaban J connectivity index is 1.11. The number of benzene rings is 2. The first-order valence-corrected chi connectivity index (χ1v) is 15.0. The van der Waals surface area contributed by atoms with E-state index in [1.165, 1.54) is 5.56 Å². The predicted molar refractivity (Wildman–Crippen MR) is 162 cm³/mol. The van der Waals surface area contributed by atoms with Gasteiger partial charge in [-0.1, -0.05) is 30.3 Å². The number of piperidine rings is 2. The van der Waals surface area contributed by atoms with Gasteiger partial charge in [-0.05, 0) is 103 Å². The number of carbonyl (C=O) groups excluding carboxylic acids is 1. The molecule has 2 aliphatic rings. The number of nitrogens with zero attached hydrogens (tertiary/aromatic N) is 5. The quantitative estimate of drug-likeness (QED) is 0.282. The van der Waals surface area contributed by atoms with Gasteiger partial charge in [0.15, 0.2) is 0 Å². The molecule has 0 bridgehead atoms. The van der Waals surface area contributed by atoms with E-state index in [1.54, 1.807) is 0 Å². The summed E-state index contributed by atoms with van der Waals surface area (Å²) < 4.78 is 5.06. The van der Waals surface area contributed by atoms with Crippen LogP contribution in [0.3, 0.4) is 0 Å². The lowest BCUT2D eigenvalue weighted by molar-refractivity contribution is -0.138. The minimum atomic E-state index is 0.0437. The van der Waals surface area contributed by atoms with Gasteiger partial charge in [0.2, 0.25) is 5.91 Å². The number of hydrogen-bond donors (Lipinski definition) is 0. The highest BCUT2D eigenvalue weighted by Gasteiger charge is 2.32. The standard InChI is InChI=1S/C31H34IN5O2/c32-27-6-2-1-5-25(27)22-36-28-7-3-4-8-29(28)37(31(36)39)26-13-19-35(20-14-26)30(38)24-11-17-34(18-12-24)21-23-9-15-33-16-10-23/h1-10,15-16,24,26H,11-14,17-22H2. The molecule has 0 radical (unpaired) electrons. The van der Waals surface area contributed by atoms with E-state index in [0.29, 0.717) is 25.5 Å². The van der Waals surface area contributed by atoms with Crippen LogP contribution >= 0.6 is 22.6 Å². The SMILES string of the molecule is O=C(C1CCN(Cc2ccncc2)CC1)N1CCC(n2c(=O)n(Cc3ccccc3I)c3ccccc32)CC1. The number of carbonyl (C=O) groups is 1. The van der Waals surface area contributed by atoms with Crippen molar-refractivity contribution in [3.05, 3.63) is 98.2 Å². The lowest BCUT2D eigenvalue weighted by Gasteiger charge is -2.37. The van der Waals surface area contributed by atoms with E-state index in [1.807, 2.05) is 51.9 Å². The number of amides is 1. The van der Waals surface area contributed by atoms with Crippen LogP contribution in [-0.2, 0) is 17.9 Å². The van der Waals surface area contributed by atoms with Gasteiger partial charge >= 0.3 is 5.69 Å². The van der Waals surface area contributed by atoms with E-state index in [9.17, 15) is 9.59 Å². The zero-order chi connectivity index (χ0) is 26.8. The van der Waals surface area contributed by atoms with Crippen LogP contribution in [0.15, 0.2) is 77.9 Å². The molecule has 2 aliphatic heterocycles. The van der Waals surface area contributed by atoms with E-state index in [0.717, 1.165) is 65.5 Å². The summed E-state index contributed by atoms with van der Waals surface area (Å²) in [6, 6.07) is 20.6. The van der Waals surface area contributed by atoms with Crippen LogP contribution in [0.2, 0.25) is 0 Å². The molecule has 0 atom stereocenters. The summed E-state index contributed by atoms with van der Waals surface area (Å²) in [5, 5.41) is 0. The van der Waals surface area contributed by atoms with Crippen molar-refractivity contribution in [3.63, 3.8) is 0 Å². The Labute approximate surface area is 242 Å². The summed E-state index contributed by atoms with van der Waals surface area (Å²) in [6.07, 6.45) is 7.12. The summed E-state index contributed by atoms with van der Waals surface area (Å²) in [7, 11) is 0. The molecule has 0 saturated carbocycles. The van der Waals surface area contributed by atoms with Crippen LogP contribution in [-0.4, -0.2) is 56.0 Å². The molecule has 7 nitrogen and oxygen atoms in total. The molecule has 0 N–H and O–H groups in total. The van der Waals surface area contributed by atoms with E-state index in [2.05, 4.69) is 67.7 Å². The molecule has 2 aromatic heterocycles. The van der Waals surface area contributed by atoms with E-state index in [4.69, 9.17) is 0 Å². The van der Waals surface area contributed by atoms with E-state index < -0.39 is 0 Å². The second-order valence-corrected chi connectivity index (χ2v) is 11.9. The van der Waals surface area contributed by atoms with Crippen LogP contribution in [0.25, 0.3) is 11.0 Å². The van der Waals surface area contributed by atoms with Crippen molar-refractivity contribution in [1.82, 2.24) is 23.9 Å². The van der Waals surface area contributed by atoms with Gasteiger partial charge in [0.05, 0.1) is 17.6 Å². The molecule has 2 fully saturated rings. The minimum absolute atomic E-state index is 0.0437. The lowest BCUT2D eigenvalue weighted by atomic mass is 9.93. The maximum absolute atomic E-state index is 13.8. The topological polar surface area (TPSA) is 63.4 Å². The van der Waals surface area contributed by atoms with Crippen molar-refractivity contribution in [2.24, 2.45) is 5.92 Å². The molecule has 4 aromatic rings. The molecular weight excluding hydrogens is 601 g/mol. The van der Waals surface area contributed by atoms with Crippen molar-refractivity contribution in [3.8, 4) is 0 Å². The van der Waals surface area contributed by atoms with Crippen molar-refractivity contribution in [2.75, 3.05) is 26.2 Å². The first-order valence-electron chi connectivity index (χ1n) is 13.9. The smallest absolute Gasteiger partial charge is 0.329 e. The number of fused-ring (bicyclic) bond motifs is 1. The molecule has 4 heterocycles. The number of aromatic nitrogens is 3. The molecule has 39 heavy (non-hydrogen) atoms. The third kappa shape index (κ3) is 5.54. The third-order valence-electron chi connectivity index (χ3n) is 8.39. The average molecular weight is 636 g/mol. The first kappa shape index (κ1) is 26.3. The molecule has 1 amide bonds. The van der Waals surface area contributed by atoms with Gasteiger partial charge in [-0.3, -0.25) is 23.8 Å². The maximum atomic E-state index is 13.8. The van der Waals surface area contributed by atoms with Gasteiger partial charge in [0.25, 0.3) is 0 Å². The number of pyridine rings is 1. The second-order valence-electron chi connectivity index (χ2n) is 10.8. The molecule has 2 saturated heterocycles.